The zero-order valence-corrected chi connectivity index (χ0v) is 11.5. The van der Waals surface area contributed by atoms with E-state index in [1.54, 1.807) is 22.6 Å². The normalized spacial score (nSPS) is 21.9. The first-order valence-electron chi connectivity index (χ1n) is 5.95. The van der Waals surface area contributed by atoms with E-state index in [1.165, 1.54) is 0 Å². The predicted octanol–water partition coefficient (Wildman–Crippen LogP) is 1.93. The summed E-state index contributed by atoms with van der Waals surface area (Å²) in [4.78, 5) is 13.9. The van der Waals surface area contributed by atoms with Crippen LogP contribution < -0.4 is 0 Å². The zero-order valence-electron chi connectivity index (χ0n) is 9.99. The number of hydrogen-bond acceptors (Lipinski definition) is 2. The SMILES string of the molecule is Cn1c(C(=O)N2CC(O)(C3CC3)C2)cc(Cl)c1Cl. The van der Waals surface area contributed by atoms with Crippen LogP contribution in [-0.2, 0) is 7.05 Å². The Bertz CT molecular complexity index is 516. The molecule has 0 atom stereocenters. The summed E-state index contributed by atoms with van der Waals surface area (Å²) >= 11 is 11.8. The summed E-state index contributed by atoms with van der Waals surface area (Å²) in [6, 6.07) is 1.57. The first-order chi connectivity index (χ1) is 8.42. The highest BCUT2D eigenvalue weighted by molar-refractivity contribution is 6.41. The van der Waals surface area contributed by atoms with Gasteiger partial charge in [-0.2, -0.15) is 0 Å². The second kappa shape index (κ2) is 3.89. The molecule has 1 saturated carbocycles. The maximum absolute atomic E-state index is 12.2. The van der Waals surface area contributed by atoms with Gasteiger partial charge in [0.2, 0.25) is 0 Å². The minimum Gasteiger partial charge on any atom is -0.386 e. The van der Waals surface area contributed by atoms with Gasteiger partial charge in [0, 0.05) is 7.05 Å². The number of aliphatic hydroxyl groups is 1. The highest BCUT2D eigenvalue weighted by Gasteiger charge is 2.53. The third-order valence-corrected chi connectivity index (χ3v) is 4.73. The average molecular weight is 289 g/mol. The van der Waals surface area contributed by atoms with Gasteiger partial charge in [0.05, 0.1) is 18.1 Å². The summed E-state index contributed by atoms with van der Waals surface area (Å²) in [6.45, 7) is 0.827. The van der Waals surface area contributed by atoms with Crippen LogP contribution in [0.4, 0.5) is 0 Å². The van der Waals surface area contributed by atoms with E-state index >= 15 is 0 Å². The average Bonchev–Trinajstić information content (AvgIpc) is 3.09. The van der Waals surface area contributed by atoms with Crippen molar-refractivity contribution >= 4 is 29.1 Å². The third kappa shape index (κ3) is 1.75. The fourth-order valence-corrected chi connectivity index (χ4v) is 2.92. The van der Waals surface area contributed by atoms with Crippen LogP contribution in [0.25, 0.3) is 0 Å². The summed E-state index contributed by atoms with van der Waals surface area (Å²) in [6.07, 6.45) is 2.14. The molecule has 6 heteroatoms. The van der Waals surface area contributed by atoms with Crippen LogP contribution >= 0.6 is 23.2 Å². The molecule has 98 valence electrons. The highest BCUT2D eigenvalue weighted by Crippen LogP contribution is 2.44. The van der Waals surface area contributed by atoms with Crippen molar-refractivity contribution in [1.29, 1.82) is 0 Å². The van der Waals surface area contributed by atoms with Gasteiger partial charge in [-0.05, 0) is 24.8 Å². The molecule has 3 rings (SSSR count). The van der Waals surface area contributed by atoms with Crippen molar-refractivity contribution in [2.75, 3.05) is 13.1 Å². The number of halogens is 2. The van der Waals surface area contributed by atoms with Gasteiger partial charge in [-0.3, -0.25) is 4.79 Å². The molecule has 1 aliphatic heterocycles. The van der Waals surface area contributed by atoms with Gasteiger partial charge in [-0.25, -0.2) is 0 Å². The summed E-state index contributed by atoms with van der Waals surface area (Å²) in [5.74, 6) is 0.249. The van der Waals surface area contributed by atoms with Crippen LogP contribution in [0.3, 0.4) is 0 Å². The van der Waals surface area contributed by atoms with E-state index in [1.807, 2.05) is 0 Å². The molecular formula is C12H14Cl2N2O2. The number of β-amino-alcohol motifs (C(OH)–C–C–N with tert-alkyl or cyclic N) is 1. The standard InChI is InChI=1S/C12H14Cl2N2O2/c1-15-9(4-8(13)10(15)14)11(17)16-5-12(18,6-16)7-2-3-7/h4,7,18H,2-3,5-6H2,1H3. The van der Waals surface area contributed by atoms with E-state index in [0.29, 0.717) is 34.9 Å². The number of nitrogens with zero attached hydrogens (tertiary/aromatic N) is 2. The van der Waals surface area contributed by atoms with Gasteiger partial charge in [0.15, 0.2) is 0 Å². The van der Waals surface area contributed by atoms with Crippen molar-refractivity contribution < 1.29 is 9.90 Å². The maximum atomic E-state index is 12.2. The molecule has 0 radical (unpaired) electrons. The van der Waals surface area contributed by atoms with E-state index in [-0.39, 0.29) is 5.91 Å². The van der Waals surface area contributed by atoms with Crippen molar-refractivity contribution in [2.45, 2.75) is 18.4 Å². The van der Waals surface area contributed by atoms with Gasteiger partial charge in [0.1, 0.15) is 16.4 Å². The summed E-state index contributed by atoms with van der Waals surface area (Å²) < 4.78 is 1.57. The molecule has 4 nitrogen and oxygen atoms in total. The molecule has 1 aliphatic carbocycles. The monoisotopic (exact) mass is 288 g/mol. The Balaban J connectivity index is 1.74. The number of carbonyl (C=O) groups excluding carboxylic acids is 1. The lowest BCUT2D eigenvalue weighted by Crippen LogP contribution is -2.64. The zero-order chi connectivity index (χ0) is 13.1. The molecule has 0 unspecified atom stereocenters. The lowest BCUT2D eigenvalue weighted by atomic mass is 9.88. The Morgan fingerprint density at radius 2 is 2.06 bits per heavy atom. The van der Waals surface area contributed by atoms with Crippen LogP contribution in [0, 0.1) is 5.92 Å². The lowest BCUT2D eigenvalue weighted by Gasteiger charge is -2.46. The summed E-state index contributed by atoms with van der Waals surface area (Å²) in [5.41, 5.74) is -0.197. The third-order valence-electron chi connectivity index (χ3n) is 3.89. The van der Waals surface area contributed by atoms with Crippen LogP contribution in [0.2, 0.25) is 10.2 Å². The molecule has 1 aromatic heterocycles. The second-order valence-electron chi connectivity index (χ2n) is 5.27. The van der Waals surface area contributed by atoms with Crippen molar-refractivity contribution in [1.82, 2.24) is 9.47 Å². The van der Waals surface area contributed by atoms with E-state index in [2.05, 4.69) is 0 Å². The van der Waals surface area contributed by atoms with E-state index < -0.39 is 5.60 Å². The van der Waals surface area contributed by atoms with E-state index in [4.69, 9.17) is 23.2 Å². The fourth-order valence-electron chi connectivity index (χ4n) is 2.55. The summed E-state index contributed by atoms with van der Waals surface area (Å²) in [5, 5.41) is 10.9. The van der Waals surface area contributed by atoms with Crippen LogP contribution in [0.5, 0.6) is 0 Å². The van der Waals surface area contributed by atoms with Crippen molar-refractivity contribution in [3.63, 3.8) is 0 Å². The number of aromatic nitrogens is 1. The minimum absolute atomic E-state index is 0.128. The van der Waals surface area contributed by atoms with Gasteiger partial charge in [-0.15, -0.1) is 0 Å². The number of carbonyl (C=O) groups is 1. The van der Waals surface area contributed by atoms with Gasteiger partial charge in [-0.1, -0.05) is 23.2 Å². The van der Waals surface area contributed by atoms with Crippen LogP contribution in [0.1, 0.15) is 23.3 Å². The molecule has 1 saturated heterocycles. The molecule has 1 aromatic rings. The molecule has 1 N–H and O–H groups in total. The molecular weight excluding hydrogens is 275 g/mol. The quantitative estimate of drug-likeness (QED) is 0.904. The number of rotatable bonds is 2. The Morgan fingerprint density at radius 3 is 2.50 bits per heavy atom. The molecule has 0 spiro atoms. The van der Waals surface area contributed by atoms with E-state index in [9.17, 15) is 9.90 Å². The topological polar surface area (TPSA) is 45.5 Å². The molecule has 2 fully saturated rings. The predicted molar refractivity (Wildman–Crippen MR) is 69.0 cm³/mol. The van der Waals surface area contributed by atoms with Crippen LogP contribution in [0.15, 0.2) is 6.07 Å². The first kappa shape index (κ1) is 12.3. The van der Waals surface area contributed by atoms with Crippen molar-refractivity contribution in [2.24, 2.45) is 13.0 Å². The number of amides is 1. The highest BCUT2D eigenvalue weighted by atomic mass is 35.5. The largest absolute Gasteiger partial charge is 0.386 e. The minimum atomic E-state index is -0.658. The Labute approximate surface area is 115 Å². The summed E-state index contributed by atoms with van der Waals surface area (Å²) in [7, 11) is 1.70. The van der Waals surface area contributed by atoms with Crippen LogP contribution in [-0.4, -0.2) is 39.2 Å². The molecule has 1 amide bonds. The number of hydrogen-bond donors (Lipinski definition) is 1. The van der Waals surface area contributed by atoms with Crippen molar-refractivity contribution in [3.8, 4) is 0 Å². The van der Waals surface area contributed by atoms with Crippen molar-refractivity contribution in [3.05, 3.63) is 21.9 Å². The number of likely N-dealkylation sites (tertiary alicyclic amines) is 1. The first-order valence-corrected chi connectivity index (χ1v) is 6.70. The Kier molecular flexibility index (Phi) is 2.66. The van der Waals surface area contributed by atoms with Gasteiger partial charge in [0.25, 0.3) is 5.91 Å². The van der Waals surface area contributed by atoms with Gasteiger partial charge < -0.3 is 14.6 Å². The Morgan fingerprint density at radius 1 is 1.44 bits per heavy atom. The lowest BCUT2D eigenvalue weighted by molar-refractivity contribution is -0.0960. The fraction of sp³-hybridized carbons (Fsp3) is 0.583. The molecule has 0 bridgehead atoms. The Hall–Kier alpha value is -0.710. The van der Waals surface area contributed by atoms with Gasteiger partial charge >= 0.3 is 0 Å². The van der Waals surface area contributed by atoms with E-state index in [0.717, 1.165) is 12.8 Å². The second-order valence-corrected chi connectivity index (χ2v) is 6.03. The molecule has 18 heavy (non-hydrogen) atoms. The molecule has 0 aromatic carbocycles. The molecule has 2 aliphatic rings. The molecule has 2 heterocycles. The smallest absolute Gasteiger partial charge is 0.270 e. The maximum Gasteiger partial charge on any atom is 0.270 e.